The summed E-state index contributed by atoms with van der Waals surface area (Å²) in [6.45, 7) is 1.95. The van der Waals surface area contributed by atoms with Crippen LogP contribution in [0, 0.1) is 18.3 Å². The molecule has 19 heavy (non-hydrogen) atoms. The van der Waals surface area contributed by atoms with Crippen molar-refractivity contribution in [1.29, 1.82) is 5.26 Å². The first-order valence-corrected chi connectivity index (χ1v) is 6.95. The highest BCUT2D eigenvalue weighted by Crippen LogP contribution is 2.25. The third-order valence-corrected chi connectivity index (χ3v) is 3.54. The largest absolute Gasteiger partial charge is 0.366 e. The Hall–Kier alpha value is -1.50. The average Bonchev–Trinajstić information content (AvgIpc) is 2.37. The molecular weight excluding hydrogens is 324 g/mol. The van der Waals surface area contributed by atoms with Crippen LogP contribution in [0.4, 0.5) is 5.69 Å². The van der Waals surface area contributed by atoms with E-state index in [2.05, 4.69) is 27.3 Å². The van der Waals surface area contributed by atoms with Gasteiger partial charge in [-0.2, -0.15) is 5.26 Å². The van der Waals surface area contributed by atoms with Crippen molar-refractivity contribution in [3.05, 3.63) is 63.1 Å². The van der Waals surface area contributed by atoms with Crippen molar-refractivity contribution in [2.24, 2.45) is 0 Å². The van der Waals surface area contributed by atoms with Crippen LogP contribution in [0.25, 0.3) is 0 Å². The van der Waals surface area contributed by atoms with Gasteiger partial charge in [0, 0.05) is 15.2 Å². The van der Waals surface area contributed by atoms with E-state index in [0.717, 1.165) is 21.3 Å². The minimum Gasteiger partial charge on any atom is -0.366 e. The predicted molar refractivity (Wildman–Crippen MR) is 82.3 cm³/mol. The van der Waals surface area contributed by atoms with E-state index >= 15 is 0 Å². The van der Waals surface area contributed by atoms with Gasteiger partial charge in [0.05, 0.1) is 6.07 Å². The van der Waals surface area contributed by atoms with Gasteiger partial charge >= 0.3 is 0 Å². The summed E-state index contributed by atoms with van der Waals surface area (Å²) in [5, 5.41) is 13.2. The van der Waals surface area contributed by atoms with Crippen molar-refractivity contribution >= 4 is 33.2 Å². The predicted octanol–water partition coefficient (Wildman–Crippen LogP) is 5.09. The third kappa shape index (κ3) is 3.50. The number of aryl methyl sites for hydroxylation is 1. The summed E-state index contributed by atoms with van der Waals surface area (Å²) in [4.78, 5) is 0. The van der Waals surface area contributed by atoms with E-state index in [4.69, 9.17) is 11.6 Å². The maximum absolute atomic E-state index is 9.35. The Morgan fingerprint density at radius 2 is 2.05 bits per heavy atom. The van der Waals surface area contributed by atoms with Crippen molar-refractivity contribution in [2.45, 2.75) is 13.0 Å². The number of benzene rings is 2. The lowest BCUT2D eigenvalue weighted by Crippen LogP contribution is -2.09. The molecule has 0 aliphatic rings. The van der Waals surface area contributed by atoms with E-state index in [0.29, 0.717) is 5.02 Å². The summed E-state index contributed by atoms with van der Waals surface area (Å²) in [7, 11) is 0. The molecule has 2 aromatic rings. The molecule has 1 N–H and O–H groups in total. The summed E-state index contributed by atoms with van der Waals surface area (Å²) in [5.74, 6) is 0. The maximum atomic E-state index is 9.35. The molecule has 0 bridgehead atoms. The molecule has 0 fully saturated rings. The first kappa shape index (κ1) is 13.9. The molecule has 1 atom stereocenters. The van der Waals surface area contributed by atoms with E-state index in [9.17, 15) is 5.26 Å². The van der Waals surface area contributed by atoms with Crippen molar-refractivity contribution in [3.8, 4) is 6.07 Å². The van der Waals surface area contributed by atoms with Crippen molar-refractivity contribution < 1.29 is 0 Å². The van der Waals surface area contributed by atoms with Crippen LogP contribution < -0.4 is 5.32 Å². The highest BCUT2D eigenvalue weighted by atomic mass is 79.9. The fraction of sp³-hybridized carbons (Fsp3) is 0.133. The summed E-state index contributed by atoms with van der Waals surface area (Å²) < 4.78 is 0.974. The molecule has 2 nitrogen and oxygen atoms in total. The Balaban J connectivity index is 2.28. The molecule has 96 valence electrons. The first-order chi connectivity index (χ1) is 9.10. The highest BCUT2D eigenvalue weighted by Gasteiger charge is 2.13. The van der Waals surface area contributed by atoms with Gasteiger partial charge in [-0.25, -0.2) is 0 Å². The molecule has 4 heteroatoms. The van der Waals surface area contributed by atoms with Gasteiger partial charge in [0.1, 0.15) is 6.04 Å². The standard InChI is InChI=1S/C15H12BrClN2/c1-10-7-12(17)5-6-14(10)15(9-18)19-13-4-2-3-11(16)8-13/h2-8,15,19H,1H3. The molecule has 0 amide bonds. The molecule has 1 unspecified atom stereocenters. The van der Waals surface area contributed by atoms with E-state index in [-0.39, 0.29) is 0 Å². The highest BCUT2D eigenvalue weighted by molar-refractivity contribution is 9.10. The lowest BCUT2D eigenvalue weighted by Gasteiger charge is -2.16. The molecule has 0 saturated carbocycles. The molecule has 0 aliphatic heterocycles. The van der Waals surface area contributed by atoms with Crippen molar-refractivity contribution in [2.75, 3.05) is 5.32 Å². The topological polar surface area (TPSA) is 35.8 Å². The van der Waals surface area contributed by atoms with E-state index in [1.165, 1.54) is 0 Å². The Morgan fingerprint density at radius 1 is 1.26 bits per heavy atom. The summed E-state index contributed by atoms with van der Waals surface area (Å²) in [6.07, 6.45) is 0. The second-order valence-electron chi connectivity index (χ2n) is 4.22. The number of nitriles is 1. The van der Waals surface area contributed by atoms with Crippen LogP contribution in [-0.4, -0.2) is 0 Å². The molecule has 0 radical (unpaired) electrons. The van der Waals surface area contributed by atoms with Crippen LogP contribution in [0.2, 0.25) is 5.02 Å². The second-order valence-corrected chi connectivity index (χ2v) is 5.57. The van der Waals surface area contributed by atoms with Crippen molar-refractivity contribution in [3.63, 3.8) is 0 Å². The minimum absolute atomic E-state index is 0.397. The van der Waals surface area contributed by atoms with Gasteiger partial charge in [-0.15, -0.1) is 0 Å². The molecule has 0 saturated heterocycles. The van der Waals surface area contributed by atoms with Crippen LogP contribution in [0.5, 0.6) is 0 Å². The van der Waals surface area contributed by atoms with E-state index in [1.807, 2.05) is 43.3 Å². The van der Waals surface area contributed by atoms with Gasteiger partial charge < -0.3 is 5.32 Å². The molecule has 2 aromatic carbocycles. The van der Waals surface area contributed by atoms with Crippen LogP contribution in [0.1, 0.15) is 17.2 Å². The SMILES string of the molecule is Cc1cc(Cl)ccc1C(C#N)Nc1cccc(Br)c1. The lowest BCUT2D eigenvalue weighted by molar-refractivity contribution is 0.981. The Morgan fingerprint density at radius 3 is 2.68 bits per heavy atom. The summed E-state index contributed by atoms with van der Waals surface area (Å²) in [6, 6.07) is 15.2. The van der Waals surface area contributed by atoms with E-state index < -0.39 is 6.04 Å². The Labute approximate surface area is 126 Å². The normalized spacial score (nSPS) is 11.7. The number of anilines is 1. The Bertz CT molecular complexity index is 634. The van der Waals surface area contributed by atoms with Crippen LogP contribution in [0.3, 0.4) is 0 Å². The number of nitrogens with one attached hydrogen (secondary N) is 1. The number of hydrogen-bond acceptors (Lipinski definition) is 2. The van der Waals surface area contributed by atoms with Crippen LogP contribution >= 0.6 is 27.5 Å². The van der Waals surface area contributed by atoms with Gasteiger partial charge in [-0.3, -0.25) is 0 Å². The Kier molecular flexibility index (Phi) is 4.47. The lowest BCUT2D eigenvalue weighted by atomic mass is 10.0. The zero-order valence-corrected chi connectivity index (χ0v) is 12.7. The summed E-state index contributed by atoms with van der Waals surface area (Å²) >= 11 is 9.35. The van der Waals surface area contributed by atoms with Gasteiger partial charge in [0.2, 0.25) is 0 Å². The number of hydrogen-bond donors (Lipinski definition) is 1. The molecule has 0 aromatic heterocycles. The first-order valence-electron chi connectivity index (χ1n) is 5.78. The van der Waals surface area contributed by atoms with E-state index in [1.54, 1.807) is 6.07 Å². The van der Waals surface area contributed by atoms with Gasteiger partial charge in [0.25, 0.3) is 0 Å². The summed E-state index contributed by atoms with van der Waals surface area (Å²) in [5.41, 5.74) is 2.84. The molecule has 0 aliphatic carbocycles. The number of nitrogens with zero attached hydrogens (tertiary/aromatic N) is 1. The smallest absolute Gasteiger partial charge is 0.140 e. The van der Waals surface area contributed by atoms with Gasteiger partial charge in [-0.05, 0) is 48.4 Å². The fourth-order valence-electron chi connectivity index (χ4n) is 1.89. The molecular formula is C15H12BrClN2. The van der Waals surface area contributed by atoms with Crippen LogP contribution in [0.15, 0.2) is 46.9 Å². The maximum Gasteiger partial charge on any atom is 0.140 e. The zero-order valence-electron chi connectivity index (χ0n) is 10.3. The zero-order chi connectivity index (χ0) is 13.8. The van der Waals surface area contributed by atoms with Crippen molar-refractivity contribution in [1.82, 2.24) is 0 Å². The second kappa shape index (κ2) is 6.10. The number of halogens is 2. The average molecular weight is 336 g/mol. The molecule has 0 spiro atoms. The number of rotatable bonds is 3. The minimum atomic E-state index is -0.397. The molecule has 2 rings (SSSR count). The fourth-order valence-corrected chi connectivity index (χ4v) is 2.51. The quantitative estimate of drug-likeness (QED) is 0.848. The monoisotopic (exact) mass is 334 g/mol. The van der Waals surface area contributed by atoms with Gasteiger partial charge in [-0.1, -0.05) is 39.7 Å². The molecule has 0 heterocycles. The van der Waals surface area contributed by atoms with Crippen LogP contribution in [-0.2, 0) is 0 Å². The van der Waals surface area contributed by atoms with Gasteiger partial charge in [0.15, 0.2) is 0 Å². The third-order valence-electron chi connectivity index (χ3n) is 2.81.